The maximum absolute atomic E-state index is 8.45. The van der Waals surface area contributed by atoms with Crippen LogP contribution in [0.3, 0.4) is 0 Å². The van der Waals surface area contributed by atoms with E-state index in [1.165, 1.54) is 19.3 Å². The highest BCUT2D eigenvalue weighted by Crippen LogP contribution is 2.35. The first-order valence-electron chi connectivity index (χ1n) is 5.36. The van der Waals surface area contributed by atoms with Crippen molar-refractivity contribution in [2.75, 3.05) is 0 Å². The zero-order chi connectivity index (χ0) is 10.6. The lowest BCUT2D eigenvalue weighted by molar-refractivity contribution is 0.161. The van der Waals surface area contributed by atoms with Gasteiger partial charge in [0.15, 0.2) is 0 Å². The standard InChI is InChI=1S/C10H21N3O/c1-3-10(5-4-6-10)12-8(2)7-9(11)13-14/h8,12,14H,3-7H2,1-2H3,(H2,11,13). The molecule has 0 aromatic heterocycles. The molecule has 0 radical (unpaired) electrons. The Bertz CT molecular complexity index is 206. The van der Waals surface area contributed by atoms with Crippen LogP contribution in [0.1, 0.15) is 46.0 Å². The Morgan fingerprint density at radius 2 is 2.29 bits per heavy atom. The minimum atomic E-state index is 0.283. The molecule has 1 aliphatic carbocycles. The lowest BCUT2D eigenvalue weighted by Gasteiger charge is -2.44. The summed E-state index contributed by atoms with van der Waals surface area (Å²) in [5, 5.41) is 15.0. The van der Waals surface area contributed by atoms with Crippen molar-refractivity contribution < 1.29 is 5.21 Å². The molecule has 1 unspecified atom stereocenters. The van der Waals surface area contributed by atoms with E-state index in [0.717, 1.165) is 6.42 Å². The van der Waals surface area contributed by atoms with Gasteiger partial charge in [-0.15, -0.1) is 0 Å². The summed E-state index contributed by atoms with van der Waals surface area (Å²) in [5.41, 5.74) is 5.78. The fourth-order valence-electron chi connectivity index (χ4n) is 2.13. The minimum Gasteiger partial charge on any atom is -0.409 e. The number of hydrogen-bond donors (Lipinski definition) is 3. The SMILES string of the molecule is CCC1(NC(C)CC(N)=NO)CCC1. The Hall–Kier alpha value is -0.770. The van der Waals surface area contributed by atoms with E-state index < -0.39 is 0 Å². The molecule has 1 atom stereocenters. The minimum absolute atomic E-state index is 0.283. The Kier molecular flexibility index (Phi) is 3.75. The van der Waals surface area contributed by atoms with Gasteiger partial charge in [-0.2, -0.15) is 0 Å². The maximum atomic E-state index is 8.45. The largest absolute Gasteiger partial charge is 0.409 e. The molecule has 4 heteroatoms. The molecule has 1 rings (SSSR count). The van der Waals surface area contributed by atoms with E-state index >= 15 is 0 Å². The quantitative estimate of drug-likeness (QED) is 0.271. The average molecular weight is 199 g/mol. The number of nitrogens with zero attached hydrogens (tertiary/aromatic N) is 1. The van der Waals surface area contributed by atoms with Crippen molar-refractivity contribution in [1.82, 2.24) is 5.32 Å². The first kappa shape index (κ1) is 11.3. The van der Waals surface area contributed by atoms with Crippen molar-refractivity contribution in [3.63, 3.8) is 0 Å². The Labute approximate surface area is 85.6 Å². The third-order valence-corrected chi connectivity index (χ3v) is 3.18. The van der Waals surface area contributed by atoms with Crippen LogP contribution in [0.25, 0.3) is 0 Å². The zero-order valence-corrected chi connectivity index (χ0v) is 9.08. The molecule has 0 bridgehead atoms. The molecule has 1 aliphatic rings. The van der Waals surface area contributed by atoms with E-state index in [1.807, 2.05) is 0 Å². The summed E-state index contributed by atoms with van der Waals surface area (Å²) in [4.78, 5) is 0. The van der Waals surface area contributed by atoms with E-state index in [0.29, 0.717) is 17.8 Å². The van der Waals surface area contributed by atoms with E-state index in [9.17, 15) is 0 Å². The van der Waals surface area contributed by atoms with Gasteiger partial charge in [0.25, 0.3) is 0 Å². The van der Waals surface area contributed by atoms with Crippen LogP contribution in [0.4, 0.5) is 0 Å². The summed E-state index contributed by atoms with van der Waals surface area (Å²) in [6.07, 6.45) is 5.59. The topological polar surface area (TPSA) is 70.6 Å². The van der Waals surface area contributed by atoms with Crippen molar-refractivity contribution in [3.05, 3.63) is 0 Å². The molecule has 0 aliphatic heterocycles. The summed E-state index contributed by atoms with van der Waals surface area (Å²) >= 11 is 0. The summed E-state index contributed by atoms with van der Waals surface area (Å²) in [6.45, 7) is 4.29. The summed E-state index contributed by atoms with van der Waals surface area (Å²) in [5.74, 6) is 0.301. The van der Waals surface area contributed by atoms with Crippen LogP contribution in [-0.2, 0) is 0 Å². The van der Waals surface area contributed by atoms with Gasteiger partial charge in [0.1, 0.15) is 5.84 Å². The van der Waals surface area contributed by atoms with Gasteiger partial charge in [-0.05, 0) is 32.6 Å². The summed E-state index contributed by atoms with van der Waals surface area (Å²) < 4.78 is 0. The molecule has 0 amide bonds. The van der Waals surface area contributed by atoms with Crippen LogP contribution in [0.2, 0.25) is 0 Å². The second kappa shape index (κ2) is 4.64. The van der Waals surface area contributed by atoms with Crippen molar-refractivity contribution in [2.45, 2.75) is 57.5 Å². The molecule has 1 saturated carbocycles. The van der Waals surface area contributed by atoms with E-state index in [1.54, 1.807) is 0 Å². The van der Waals surface area contributed by atoms with Gasteiger partial charge in [-0.1, -0.05) is 12.1 Å². The molecule has 0 aromatic rings. The Morgan fingerprint density at radius 3 is 2.64 bits per heavy atom. The van der Waals surface area contributed by atoms with Crippen molar-refractivity contribution in [2.24, 2.45) is 10.9 Å². The monoisotopic (exact) mass is 199 g/mol. The Morgan fingerprint density at radius 1 is 1.64 bits per heavy atom. The number of amidine groups is 1. The summed E-state index contributed by atoms with van der Waals surface area (Å²) in [7, 11) is 0. The maximum Gasteiger partial charge on any atom is 0.140 e. The fraction of sp³-hybridized carbons (Fsp3) is 0.900. The van der Waals surface area contributed by atoms with Gasteiger partial charge in [0, 0.05) is 18.0 Å². The Balaban J connectivity index is 2.35. The number of oxime groups is 1. The molecule has 0 heterocycles. The van der Waals surface area contributed by atoms with Gasteiger partial charge < -0.3 is 16.3 Å². The van der Waals surface area contributed by atoms with Crippen LogP contribution in [0.5, 0.6) is 0 Å². The number of hydrogen-bond acceptors (Lipinski definition) is 3. The summed E-state index contributed by atoms with van der Waals surface area (Å²) in [6, 6.07) is 0.283. The number of nitrogens with two attached hydrogens (primary N) is 1. The van der Waals surface area contributed by atoms with Gasteiger partial charge >= 0.3 is 0 Å². The molecule has 4 nitrogen and oxygen atoms in total. The van der Waals surface area contributed by atoms with Crippen LogP contribution >= 0.6 is 0 Å². The highest BCUT2D eigenvalue weighted by Gasteiger charge is 2.35. The van der Waals surface area contributed by atoms with Crippen LogP contribution in [-0.4, -0.2) is 22.6 Å². The lowest BCUT2D eigenvalue weighted by Crippen LogP contribution is -2.54. The molecular weight excluding hydrogens is 178 g/mol. The number of nitrogens with one attached hydrogen (secondary N) is 1. The predicted molar refractivity (Wildman–Crippen MR) is 57.5 cm³/mol. The fourth-order valence-corrected chi connectivity index (χ4v) is 2.13. The van der Waals surface area contributed by atoms with Crippen LogP contribution in [0, 0.1) is 0 Å². The lowest BCUT2D eigenvalue weighted by atomic mass is 9.74. The third-order valence-electron chi connectivity index (χ3n) is 3.18. The first-order chi connectivity index (χ1) is 6.62. The van der Waals surface area contributed by atoms with Crippen LogP contribution < -0.4 is 11.1 Å². The van der Waals surface area contributed by atoms with Crippen molar-refractivity contribution >= 4 is 5.84 Å². The molecule has 0 aromatic carbocycles. The third kappa shape index (κ3) is 2.61. The molecule has 0 saturated heterocycles. The zero-order valence-electron chi connectivity index (χ0n) is 9.08. The van der Waals surface area contributed by atoms with E-state index in [2.05, 4.69) is 24.3 Å². The smallest absolute Gasteiger partial charge is 0.140 e. The molecule has 4 N–H and O–H groups in total. The molecule has 0 spiro atoms. The predicted octanol–water partition coefficient (Wildman–Crippen LogP) is 1.43. The normalized spacial score (nSPS) is 22.9. The van der Waals surface area contributed by atoms with Crippen molar-refractivity contribution in [3.8, 4) is 0 Å². The van der Waals surface area contributed by atoms with Crippen molar-refractivity contribution in [1.29, 1.82) is 0 Å². The van der Waals surface area contributed by atoms with Gasteiger partial charge in [-0.25, -0.2) is 0 Å². The van der Waals surface area contributed by atoms with Gasteiger partial charge in [0.05, 0.1) is 0 Å². The van der Waals surface area contributed by atoms with Gasteiger partial charge in [0.2, 0.25) is 0 Å². The molecular formula is C10H21N3O. The second-order valence-corrected chi connectivity index (χ2v) is 4.33. The molecule has 1 fully saturated rings. The van der Waals surface area contributed by atoms with E-state index in [-0.39, 0.29) is 6.04 Å². The highest BCUT2D eigenvalue weighted by atomic mass is 16.4. The van der Waals surface area contributed by atoms with E-state index in [4.69, 9.17) is 10.9 Å². The second-order valence-electron chi connectivity index (χ2n) is 4.33. The first-order valence-corrected chi connectivity index (χ1v) is 5.36. The van der Waals surface area contributed by atoms with Crippen LogP contribution in [0.15, 0.2) is 5.16 Å². The molecule has 14 heavy (non-hydrogen) atoms. The molecule has 82 valence electrons. The van der Waals surface area contributed by atoms with Gasteiger partial charge in [-0.3, -0.25) is 0 Å². The number of rotatable bonds is 5. The highest BCUT2D eigenvalue weighted by molar-refractivity contribution is 5.80. The average Bonchev–Trinajstić information content (AvgIpc) is 2.11.